The summed E-state index contributed by atoms with van der Waals surface area (Å²) in [6, 6.07) is 2.89. The van der Waals surface area contributed by atoms with E-state index < -0.39 is 6.04 Å². The van der Waals surface area contributed by atoms with Gasteiger partial charge in [0.15, 0.2) is 0 Å². The SMILES string of the molecule is C=CCNC(=O)C(NC(=O)c1cccs1)C1CCN(C(=O)COC)CC1. The Bertz CT molecular complexity index is 624. The topological polar surface area (TPSA) is 87.7 Å². The normalized spacial score (nSPS) is 16.0. The van der Waals surface area contributed by atoms with Crippen molar-refractivity contribution in [2.45, 2.75) is 18.9 Å². The van der Waals surface area contributed by atoms with Gasteiger partial charge < -0.3 is 20.3 Å². The zero-order valence-electron chi connectivity index (χ0n) is 14.9. The molecule has 26 heavy (non-hydrogen) atoms. The molecule has 2 N–H and O–H groups in total. The Morgan fingerprint density at radius 2 is 2.15 bits per heavy atom. The number of carbonyl (C=O) groups is 3. The minimum atomic E-state index is -0.635. The lowest BCUT2D eigenvalue weighted by atomic mass is 9.88. The Kier molecular flexibility index (Phi) is 7.80. The Balaban J connectivity index is 2.02. The molecule has 0 aromatic carbocycles. The molecule has 1 saturated heterocycles. The van der Waals surface area contributed by atoms with Gasteiger partial charge in [-0.3, -0.25) is 14.4 Å². The lowest BCUT2D eigenvalue weighted by Gasteiger charge is -2.35. The summed E-state index contributed by atoms with van der Waals surface area (Å²) in [6.45, 7) is 5.09. The van der Waals surface area contributed by atoms with Crippen LogP contribution in [0.5, 0.6) is 0 Å². The molecule has 0 bridgehead atoms. The second-order valence-corrected chi connectivity index (χ2v) is 7.06. The van der Waals surface area contributed by atoms with Crippen molar-refractivity contribution in [2.24, 2.45) is 5.92 Å². The van der Waals surface area contributed by atoms with Crippen molar-refractivity contribution in [1.29, 1.82) is 0 Å². The van der Waals surface area contributed by atoms with E-state index in [2.05, 4.69) is 17.2 Å². The molecule has 7 nitrogen and oxygen atoms in total. The molecule has 2 rings (SSSR count). The van der Waals surface area contributed by atoms with Gasteiger partial charge in [0.05, 0.1) is 4.88 Å². The molecule has 0 spiro atoms. The van der Waals surface area contributed by atoms with Crippen molar-refractivity contribution in [3.05, 3.63) is 35.0 Å². The molecule has 1 aliphatic heterocycles. The Morgan fingerprint density at radius 1 is 1.42 bits per heavy atom. The van der Waals surface area contributed by atoms with Crippen LogP contribution in [0.3, 0.4) is 0 Å². The molecular formula is C18H25N3O4S. The van der Waals surface area contributed by atoms with E-state index >= 15 is 0 Å². The summed E-state index contributed by atoms with van der Waals surface area (Å²) in [7, 11) is 1.49. The summed E-state index contributed by atoms with van der Waals surface area (Å²) in [5, 5.41) is 7.45. The first-order chi connectivity index (χ1) is 12.6. The lowest BCUT2D eigenvalue weighted by molar-refractivity contribution is -0.136. The van der Waals surface area contributed by atoms with Crippen LogP contribution in [0.2, 0.25) is 0 Å². The third kappa shape index (κ3) is 5.40. The van der Waals surface area contributed by atoms with Crippen molar-refractivity contribution in [3.8, 4) is 0 Å². The van der Waals surface area contributed by atoms with Crippen molar-refractivity contribution < 1.29 is 19.1 Å². The number of thiophene rings is 1. The fourth-order valence-electron chi connectivity index (χ4n) is 3.00. The highest BCUT2D eigenvalue weighted by molar-refractivity contribution is 7.12. The van der Waals surface area contributed by atoms with Crippen LogP contribution in [0.15, 0.2) is 30.2 Å². The quantitative estimate of drug-likeness (QED) is 0.661. The van der Waals surface area contributed by atoms with Gasteiger partial charge in [-0.25, -0.2) is 0 Å². The summed E-state index contributed by atoms with van der Waals surface area (Å²) in [4.78, 5) is 39.2. The highest BCUT2D eigenvalue weighted by Gasteiger charge is 2.33. The number of amides is 3. The molecule has 3 amide bonds. The smallest absolute Gasteiger partial charge is 0.262 e. The van der Waals surface area contributed by atoms with E-state index in [9.17, 15) is 14.4 Å². The molecule has 2 heterocycles. The predicted molar refractivity (Wildman–Crippen MR) is 100.0 cm³/mol. The third-order valence-corrected chi connectivity index (χ3v) is 5.23. The summed E-state index contributed by atoms with van der Waals surface area (Å²) < 4.78 is 4.89. The van der Waals surface area contributed by atoms with Crippen molar-refractivity contribution >= 4 is 29.1 Å². The largest absolute Gasteiger partial charge is 0.375 e. The first-order valence-electron chi connectivity index (χ1n) is 8.56. The van der Waals surface area contributed by atoms with E-state index in [4.69, 9.17) is 4.74 Å². The molecule has 1 aromatic rings. The Hall–Kier alpha value is -2.19. The molecule has 142 valence electrons. The van der Waals surface area contributed by atoms with Crippen LogP contribution in [-0.2, 0) is 14.3 Å². The van der Waals surface area contributed by atoms with Gasteiger partial charge in [-0.05, 0) is 30.2 Å². The number of carbonyl (C=O) groups excluding carboxylic acids is 3. The van der Waals surface area contributed by atoms with Crippen LogP contribution >= 0.6 is 11.3 Å². The molecule has 1 aromatic heterocycles. The molecule has 0 saturated carbocycles. The highest BCUT2D eigenvalue weighted by Crippen LogP contribution is 2.22. The van der Waals surface area contributed by atoms with E-state index in [-0.39, 0.29) is 30.2 Å². The van der Waals surface area contributed by atoms with Gasteiger partial charge in [0.25, 0.3) is 5.91 Å². The maximum absolute atomic E-state index is 12.6. The number of piperidine rings is 1. The van der Waals surface area contributed by atoms with Crippen LogP contribution in [0.25, 0.3) is 0 Å². The molecule has 1 fully saturated rings. The van der Waals surface area contributed by atoms with E-state index in [0.717, 1.165) is 0 Å². The number of ether oxygens (including phenoxy) is 1. The molecule has 8 heteroatoms. The lowest BCUT2D eigenvalue weighted by Crippen LogP contribution is -2.54. The summed E-state index contributed by atoms with van der Waals surface area (Å²) in [5.41, 5.74) is 0. The van der Waals surface area contributed by atoms with Gasteiger partial charge in [-0.2, -0.15) is 0 Å². The second-order valence-electron chi connectivity index (χ2n) is 6.11. The van der Waals surface area contributed by atoms with Gasteiger partial charge in [0.2, 0.25) is 11.8 Å². The van der Waals surface area contributed by atoms with E-state index in [1.54, 1.807) is 23.1 Å². The summed E-state index contributed by atoms with van der Waals surface area (Å²) in [5.74, 6) is -0.565. The number of methoxy groups -OCH3 is 1. The third-order valence-electron chi connectivity index (χ3n) is 4.37. The maximum atomic E-state index is 12.6. The fraction of sp³-hybridized carbons (Fsp3) is 0.500. The molecule has 0 aliphatic carbocycles. The number of hydrogen-bond donors (Lipinski definition) is 2. The molecule has 1 aliphatic rings. The van der Waals surface area contributed by atoms with Gasteiger partial charge in [0, 0.05) is 26.7 Å². The number of nitrogens with zero attached hydrogens (tertiary/aromatic N) is 1. The number of nitrogens with one attached hydrogen (secondary N) is 2. The molecule has 0 radical (unpaired) electrons. The molecular weight excluding hydrogens is 354 g/mol. The minimum Gasteiger partial charge on any atom is -0.375 e. The summed E-state index contributed by atoms with van der Waals surface area (Å²) >= 11 is 1.33. The van der Waals surface area contributed by atoms with Crippen LogP contribution in [0.4, 0.5) is 0 Å². The monoisotopic (exact) mass is 379 g/mol. The molecule has 1 unspecified atom stereocenters. The fourth-order valence-corrected chi connectivity index (χ4v) is 3.62. The average molecular weight is 379 g/mol. The Morgan fingerprint density at radius 3 is 2.73 bits per heavy atom. The number of likely N-dealkylation sites (tertiary alicyclic amines) is 1. The predicted octanol–water partition coefficient (Wildman–Crippen LogP) is 1.03. The van der Waals surface area contributed by atoms with Crippen LogP contribution in [-0.4, -0.2) is 62.0 Å². The average Bonchev–Trinajstić information content (AvgIpc) is 3.19. The first kappa shape index (κ1) is 20.1. The van der Waals surface area contributed by atoms with Crippen molar-refractivity contribution in [2.75, 3.05) is 33.4 Å². The van der Waals surface area contributed by atoms with Gasteiger partial charge >= 0.3 is 0 Å². The van der Waals surface area contributed by atoms with Crippen LogP contribution < -0.4 is 10.6 Å². The minimum absolute atomic E-state index is 0.0321. The van der Waals surface area contributed by atoms with Gasteiger partial charge in [-0.1, -0.05) is 12.1 Å². The Labute approximate surface area is 157 Å². The van der Waals surface area contributed by atoms with Gasteiger partial charge in [-0.15, -0.1) is 17.9 Å². The highest BCUT2D eigenvalue weighted by atomic mass is 32.1. The second kappa shape index (κ2) is 10.1. The van der Waals surface area contributed by atoms with Crippen molar-refractivity contribution in [1.82, 2.24) is 15.5 Å². The van der Waals surface area contributed by atoms with E-state index in [1.165, 1.54) is 18.4 Å². The molecule has 1 atom stereocenters. The number of rotatable bonds is 8. The zero-order chi connectivity index (χ0) is 18.9. The summed E-state index contributed by atoms with van der Waals surface area (Å²) in [6.07, 6.45) is 2.89. The van der Waals surface area contributed by atoms with E-state index in [1.807, 2.05) is 5.38 Å². The number of hydrogen-bond acceptors (Lipinski definition) is 5. The standard InChI is InChI=1S/C18H25N3O4S/c1-3-8-19-18(24)16(20-17(23)14-5-4-11-26-14)13-6-9-21(10-7-13)15(22)12-25-2/h3-5,11,13,16H,1,6-10,12H2,2H3,(H,19,24)(H,20,23). The van der Waals surface area contributed by atoms with Crippen molar-refractivity contribution in [3.63, 3.8) is 0 Å². The van der Waals surface area contributed by atoms with E-state index in [0.29, 0.717) is 37.4 Å². The zero-order valence-corrected chi connectivity index (χ0v) is 15.7. The maximum Gasteiger partial charge on any atom is 0.262 e. The van der Waals surface area contributed by atoms with Crippen LogP contribution in [0.1, 0.15) is 22.5 Å². The van der Waals surface area contributed by atoms with Crippen LogP contribution in [0, 0.1) is 5.92 Å². The van der Waals surface area contributed by atoms with Gasteiger partial charge in [0.1, 0.15) is 12.6 Å². The first-order valence-corrected chi connectivity index (χ1v) is 9.44.